The number of para-hydroxylation sites is 1. The summed E-state index contributed by atoms with van der Waals surface area (Å²) in [4.78, 5) is 12.8. The van der Waals surface area contributed by atoms with Crippen LogP contribution in [0.2, 0.25) is 0 Å². The number of carbonyl (C=O) groups is 1. The molecule has 0 aliphatic carbocycles. The van der Waals surface area contributed by atoms with Gasteiger partial charge in [0, 0.05) is 29.0 Å². The van der Waals surface area contributed by atoms with Gasteiger partial charge in [0.1, 0.15) is 0 Å². The summed E-state index contributed by atoms with van der Waals surface area (Å²) in [6, 6.07) is 11.1. The van der Waals surface area contributed by atoms with Gasteiger partial charge < -0.3 is 19.5 Å². The molecule has 0 unspecified atom stereocenters. The molecule has 0 saturated heterocycles. The summed E-state index contributed by atoms with van der Waals surface area (Å²) < 4.78 is 16.3. The number of anilines is 1. The van der Waals surface area contributed by atoms with E-state index < -0.39 is 0 Å². The smallest absolute Gasteiger partial charge is 0.255 e. The van der Waals surface area contributed by atoms with Crippen molar-refractivity contribution in [2.24, 2.45) is 0 Å². The number of benzene rings is 2. The van der Waals surface area contributed by atoms with Gasteiger partial charge in [-0.1, -0.05) is 24.3 Å². The Bertz CT molecular complexity index is 771. The fraction of sp³-hybridized carbons (Fsp3) is 0.286. The molecule has 0 aliphatic heterocycles. The van der Waals surface area contributed by atoms with E-state index in [4.69, 9.17) is 14.2 Å². The van der Waals surface area contributed by atoms with Gasteiger partial charge in [0.15, 0.2) is 11.5 Å². The number of amides is 1. The van der Waals surface area contributed by atoms with Crippen LogP contribution >= 0.6 is 0 Å². The number of hydrogen-bond acceptors (Lipinski definition) is 4. The second-order valence-corrected chi connectivity index (χ2v) is 5.61. The van der Waals surface area contributed by atoms with E-state index in [0.29, 0.717) is 36.7 Å². The minimum absolute atomic E-state index is 0.222. The lowest BCUT2D eigenvalue weighted by atomic mass is 10.0. The number of ether oxygens (including phenoxy) is 3. The van der Waals surface area contributed by atoms with Crippen LogP contribution in [-0.2, 0) is 17.8 Å². The Morgan fingerprint density at radius 1 is 1.15 bits per heavy atom. The van der Waals surface area contributed by atoms with Crippen LogP contribution < -0.4 is 14.8 Å². The van der Waals surface area contributed by atoms with E-state index in [9.17, 15) is 4.79 Å². The molecule has 0 radical (unpaired) electrons. The van der Waals surface area contributed by atoms with Crippen LogP contribution in [0.15, 0.2) is 49.1 Å². The Morgan fingerprint density at radius 2 is 1.92 bits per heavy atom. The summed E-state index contributed by atoms with van der Waals surface area (Å²) in [5.41, 5.74) is 2.99. The van der Waals surface area contributed by atoms with E-state index in [1.807, 2.05) is 31.2 Å². The molecule has 1 amide bonds. The van der Waals surface area contributed by atoms with Gasteiger partial charge in [-0.15, -0.1) is 6.58 Å². The normalized spacial score (nSPS) is 10.3. The molecule has 1 N–H and O–H groups in total. The highest BCUT2D eigenvalue weighted by Gasteiger charge is 2.16. The number of methoxy groups -OCH3 is 2. The van der Waals surface area contributed by atoms with Gasteiger partial charge in [-0.2, -0.15) is 0 Å². The first-order valence-electron chi connectivity index (χ1n) is 8.47. The molecule has 0 spiro atoms. The number of carbonyl (C=O) groups excluding carboxylic acids is 1. The first-order valence-corrected chi connectivity index (χ1v) is 8.47. The summed E-state index contributed by atoms with van der Waals surface area (Å²) in [7, 11) is 3.13. The van der Waals surface area contributed by atoms with Crippen molar-refractivity contribution in [3.63, 3.8) is 0 Å². The third kappa shape index (κ3) is 4.64. The SMILES string of the molecule is C=CCc1cc(C(=O)Nc2ccccc2COCC)cc(OC)c1OC. The third-order valence-corrected chi connectivity index (χ3v) is 3.91. The Labute approximate surface area is 154 Å². The van der Waals surface area contributed by atoms with Gasteiger partial charge >= 0.3 is 0 Å². The highest BCUT2D eigenvalue weighted by Crippen LogP contribution is 2.33. The second-order valence-electron chi connectivity index (χ2n) is 5.61. The van der Waals surface area contributed by atoms with Crippen LogP contribution in [0.4, 0.5) is 5.69 Å². The van der Waals surface area contributed by atoms with Crippen LogP contribution in [0.5, 0.6) is 11.5 Å². The van der Waals surface area contributed by atoms with Crippen molar-refractivity contribution in [1.29, 1.82) is 0 Å². The van der Waals surface area contributed by atoms with Crippen LogP contribution in [0.25, 0.3) is 0 Å². The highest BCUT2D eigenvalue weighted by molar-refractivity contribution is 6.05. The maximum Gasteiger partial charge on any atom is 0.255 e. The molecular weight excluding hydrogens is 330 g/mol. The minimum Gasteiger partial charge on any atom is -0.493 e. The molecule has 2 rings (SSSR count). The number of nitrogens with one attached hydrogen (secondary N) is 1. The van der Waals surface area contributed by atoms with Crippen molar-refractivity contribution in [3.05, 3.63) is 65.7 Å². The van der Waals surface area contributed by atoms with Crippen molar-refractivity contribution < 1.29 is 19.0 Å². The maximum absolute atomic E-state index is 12.8. The average Bonchev–Trinajstić information content (AvgIpc) is 2.66. The van der Waals surface area contributed by atoms with E-state index in [-0.39, 0.29) is 5.91 Å². The standard InChI is InChI=1S/C21H25NO4/c1-5-9-15-12-17(13-19(24-3)20(15)25-4)21(23)22-18-11-8-7-10-16(18)14-26-6-2/h5,7-8,10-13H,1,6,9,14H2,2-4H3,(H,22,23). The summed E-state index contributed by atoms with van der Waals surface area (Å²) in [6.45, 7) is 6.75. The van der Waals surface area contributed by atoms with Crippen molar-refractivity contribution in [2.45, 2.75) is 20.0 Å². The quantitative estimate of drug-likeness (QED) is 0.684. The Balaban J connectivity index is 2.32. The van der Waals surface area contributed by atoms with Crippen LogP contribution in [0.1, 0.15) is 28.4 Å². The van der Waals surface area contributed by atoms with Crippen LogP contribution in [-0.4, -0.2) is 26.7 Å². The molecule has 5 nitrogen and oxygen atoms in total. The van der Waals surface area contributed by atoms with Gasteiger partial charge in [-0.3, -0.25) is 4.79 Å². The molecule has 0 aliphatic rings. The van der Waals surface area contributed by atoms with E-state index in [2.05, 4.69) is 11.9 Å². The van der Waals surface area contributed by atoms with Crippen molar-refractivity contribution >= 4 is 11.6 Å². The first-order chi connectivity index (χ1) is 12.6. The van der Waals surface area contributed by atoms with Gasteiger partial charge in [0.05, 0.1) is 20.8 Å². The summed E-state index contributed by atoms with van der Waals surface area (Å²) in [6.07, 6.45) is 2.33. The van der Waals surface area contributed by atoms with Crippen molar-refractivity contribution in [3.8, 4) is 11.5 Å². The van der Waals surface area contributed by atoms with E-state index in [0.717, 1.165) is 16.8 Å². The number of rotatable bonds is 9. The molecule has 2 aromatic carbocycles. The second kappa shape index (κ2) is 9.63. The molecule has 2 aromatic rings. The predicted molar refractivity (Wildman–Crippen MR) is 103 cm³/mol. The fourth-order valence-electron chi connectivity index (χ4n) is 2.66. The molecule has 5 heteroatoms. The van der Waals surface area contributed by atoms with Crippen molar-refractivity contribution in [1.82, 2.24) is 0 Å². The number of allylic oxidation sites excluding steroid dienone is 1. The van der Waals surface area contributed by atoms with Gasteiger partial charge in [-0.25, -0.2) is 0 Å². The fourth-order valence-corrected chi connectivity index (χ4v) is 2.66. The molecule has 0 aromatic heterocycles. The summed E-state index contributed by atoms with van der Waals surface area (Å²) in [5.74, 6) is 0.903. The van der Waals surface area contributed by atoms with Crippen LogP contribution in [0.3, 0.4) is 0 Å². The zero-order valence-corrected chi connectivity index (χ0v) is 15.5. The largest absolute Gasteiger partial charge is 0.493 e. The molecule has 0 heterocycles. The van der Waals surface area contributed by atoms with E-state index in [1.165, 1.54) is 0 Å². The monoisotopic (exact) mass is 355 g/mol. The van der Waals surface area contributed by atoms with Gasteiger partial charge in [0.2, 0.25) is 0 Å². The topological polar surface area (TPSA) is 56.8 Å². The first kappa shape index (κ1) is 19.5. The van der Waals surface area contributed by atoms with Crippen LogP contribution in [0, 0.1) is 0 Å². The van der Waals surface area contributed by atoms with Crippen molar-refractivity contribution in [2.75, 3.05) is 26.1 Å². The average molecular weight is 355 g/mol. The molecule has 26 heavy (non-hydrogen) atoms. The Kier molecular flexibility index (Phi) is 7.24. The molecule has 0 bridgehead atoms. The molecule has 0 saturated carbocycles. The maximum atomic E-state index is 12.8. The zero-order valence-electron chi connectivity index (χ0n) is 15.5. The summed E-state index contributed by atoms with van der Waals surface area (Å²) in [5, 5.41) is 2.95. The lowest BCUT2D eigenvalue weighted by Crippen LogP contribution is -2.14. The van der Waals surface area contributed by atoms with E-state index in [1.54, 1.807) is 32.4 Å². The zero-order chi connectivity index (χ0) is 18.9. The highest BCUT2D eigenvalue weighted by atomic mass is 16.5. The lowest BCUT2D eigenvalue weighted by Gasteiger charge is -2.15. The van der Waals surface area contributed by atoms with Gasteiger partial charge in [-0.05, 0) is 31.5 Å². The minimum atomic E-state index is -0.222. The predicted octanol–water partition coefficient (Wildman–Crippen LogP) is 4.22. The Hall–Kier alpha value is -2.79. The molecular formula is C21H25NO4. The lowest BCUT2D eigenvalue weighted by molar-refractivity contribution is 0.102. The Morgan fingerprint density at radius 3 is 2.58 bits per heavy atom. The molecule has 138 valence electrons. The molecule has 0 fully saturated rings. The van der Waals surface area contributed by atoms with E-state index >= 15 is 0 Å². The number of hydrogen-bond donors (Lipinski definition) is 1. The molecule has 0 atom stereocenters. The third-order valence-electron chi connectivity index (χ3n) is 3.91. The summed E-state index contributed by atoms with van der Waals surface area (Å²) >= 11 is 0. The van der Waals surface area contributed by atoms with Gasteiger partial charge in [0.25, 0.3) is 5.91 Å².